The minimum absolute atomic E-state index is 0.0508. The molecule has 0 radical (unpaired) electrons. The van der Waals surface area contributed by atoms with Crippen molar-refractivity contribution in [3.63, 3.8) is 0 Å². The maximum Gasteiger partial charge on any atom is 0.227 e. The normalized spacial score (nSPS) is 26.6. The Bertz CT molecular complexity index is 982. The van der Waals surface area contributed by atoms with Crippen molar-refractivity contribution in [1.29, 1.82) is 0 Å². The number of anilines is 1. The highest BCUT2D eigenvalue weighted by molar-refractivity contribution is 5.81. The Balaban J connectivity index is 1.58. The largest absolute Gasteiger partial charge is 0.348 e. The lowest BCUT2D eigenvalue weighted by molar-refractivity contribution is -0.137. The van der Waals surface area contributed by atoms with Crippen molar-refractivity contribution in [1.82, 2.24) is 14.8 Å². The Morgan fingerprint density at radius 3 is 2.27 bits per heavy atom. The minimum atomic E-state index is -0.599. The van der Waals surface area contributed by atoms with Crippen LogP contribution >= 0.6 is 0 Å². The SMILES string of the molecule is C[C@@H]1CN(C(=O)[C@H]2CN(C(C)(C)C)C[C@@H]2c2ccc(F)cc2F)C[C@H](C)N1c1ccccn1. The van der Waals surface area contributed by atoms with E-state index in [9.17, 15) is 13.6 Å². The number of amides is 1. The van der Waals surface area contributed by atoms with Gasteiger partial charge in [-0.2, -0.15) is 0 Å². The van der Waals surface area contributed by atoms with E-state index in [0.29, 0.717) is 31.7 Å². The van der Waals surface area contributed by atoms with Crippen LogP contribution < -0.4 is 4.90 Å². The number of nitrogens with zero attached hydrogens (tertiary/aromatic N) is 4. The summed E-state index contributed by atoms with van der Waals surface area (Å²) in [6.45, 7) is 12.8. The van der Waals surface area contributed by atoms with Crippen LogP contribution in [0.25, 0.3) is 0 Å². The van der Waals surface area contributed by atoms with E-state index in [1.807, 2.05) is 23.1 Å². The lowest BCUT2D eigenvalue weighted by Crippen LogP contribution is -2.59. The van der Waals surface area contributed by atoms with E-state index in [1.165, 1.54) is 12.1 Å². The Hall–Kier alpha value is -2.54. The van der Waals surface area contributed by atoms with Crippen LogP contribution in [0.2, 0.25) is 0 Å². The van der Waals surface area contributed by atoms with Gasteiger partial charge in [0.15, 0.2) is 0 Å². The molecule has 2 aliphatic rings. The number of pyridine rings is 1. The van der Waals surface area contributed by atoms with Gasteiger partial charge in [-0.05, 0) is 58.4 Å². The Morgan fingerprint density at radius 2 is 1.70 bits per heavy atom. The molecule has 0 unspecified atom stereocenters. The van der Waals surface area contributed by atoms with Crippen molar-refractivity contribution in [3.8, 4) is 0 Å². The number of likely N-dealkylation sites (tertiary alicyclic amines) is 1. The molecule has 178 valence electrons. The van der Waals surface area contributed by atoms with E-state index in [1.54, 1.807) is 6.20 Å². The second kappa shape index (κ2) is 9.01. The van der Waals surface area contributed by atoms with Gasteiger partial charge in [0.1, 0.15) is 17.5 Å². The van der Waals surface area contributed by atoms with Crippen LogP contribution in [0.1, 0.15) is 46.1 Å². The molecule has 33 heavy (non-hydrogen) atoms. The zero-order valence-corrected chi connectivity index (χ0v) is 20.1. The fourth-order valence-electron chi connectivity index (χ4n) is 5.41. The number of benzene rings is 1. The van der Waals surface area contributed by atoms with Crippen LogP contribution in [0.4, 0.5) is 14.6 Å². The van der Waals surface area contributed by atoms with Gasteiger partial charge in [0.2, 0.25) is 5.91 Å². The van der Waals surface area contributed by atoms with E-state index < -0.39 is 11.6 Å². The van der Waals surface area contributed by atoms with Crippen LogP contribution in [0.15, 0.2) is 42.6 Å². The van der Waals surface area contributed by atoms with E-state index >= 15 is 0 Å². The number of rotatable bonds is 3. The summed E-state index contributed by atoms with van der Waals surface area (Å²) in [4.78, 5) is 24.8. The number of hydrogen-bond acceptors (Lipinski definition) is 4. The Morgan fingerprint density at radius 1 is 1.00 bits per heavy atom. The fraction of sp³-hybridized carbons (Fsp3) is 0.538. The van der Waals surface area contributed by atoms with Crippen molar-refractivity contribution in [2.75, 3.05) is 31.1 Å². The molecular weight excluding hydrogens is 422 g/mol. The topological polar surface area (TPSA) is 39.7 Å². The molecule has 2 saturated heterocycles. The summed E-state index contributed by atoms with van der Waals surface area (Å²) in [7, 11) is 0. The van der Waals surface area contributed by atoms with Crippen molar-refractivity contribution in [3.05, 3.63) is 59.8 Å². The first-order chi connectivity index (χ1) is 15.6. The second-order valence-corrected chi connectivity index (χ2v) is 10.5. The first kappa shape index (κ1) is 23.6. The molecule has 1 amide bonds. The van der Waals surface area contributed by atoms with E-state index in [4.69, 9.17) is 0 Å². The summed E-state index contributed by atoms with van der Waals surface area (Å²) < 4.78 is 28.3. The summed E-state index contributed by atoms with van der Waals surface area (Å²) in [5.41, 5.74) is 0.275. The standard InChI is InChI=1S/C26H34F2N4O/c1-17-13-30(14-18(2)32(17)24-8-6-7-11-29-24)25(33)22-16-31(26(3,4)5)15-21(22)20-10-9-19(27)12-23(20)28/h6-12,17-18,21-22H,13-16H2,1-5H3/t17-,18+,21-,22+/m1/s1. The minimum Gasteiger partial charge on any atom is -0.348 e. The summed E-state index contributed by atoms with van der Waals surface area (Å²) in [6, 6.07) is 9.79. The third kappa shape index (κ3) is 4.74. The first-order valence-corrected chi connectivity index (χ1v) is 11.7. The van der Waals surface area contributed by atoms with Crippen LogP contribution in [-0.4, -0.2) is 64.5 Å². The Kier molecular flexibility index (Phi) is 6.45. The molecule has 3 heterocycles. The summed E-state index contributed by atoms with van der Waals surface area (Å²) in [5, 5.41) is 0. The smallest absolute Gasteiger partial charge is 0.227 e. The number of carbonyl (C=O) groups excluding carboxylic acids is 1. The number of piperazine rings is 1. The number of hydrogen-bond donors (Lipinski definition) is 0. The molecule has 1 aromatic heterocycles. The van der Waals surface area contributed by atoms with Gasteiger partial charge in [-0.25, -0.2) is 13.8 Å². The van der Waals surface area contributed by atoms with Gasteiger partial charge in [0.25, 0.3) is 0 Å². The number of carbonyl (C=O) groups is 1. The first-order valence-electron chi connectivity index (χ1n) is 11.7. The van der Waals surface area contributed by atoms with Gasteiger partial charge in [0, 0.05) is 62.0 Å². The van der Waals surface area contributed by atoms with E-state index in [-0.39, 0.29) is 35.4 Å². The maximum absolute atomic E-state index is 14.8. The third-order valence-corrected chi connectivity index (χ3v) is 7.09. The highest BCUT2D eigenvalue weighted by Crippen LogP contribution is 2.39. The molecule has 7 heteroatoms. The molecular formula is C26H34F2N4O. The molecule has 0 spiro atoms. The second-order valence-electron chi connectivity index (χ2n) is 10.5. The zero-order valence-electron chi connectivity index (χ0n) is 20.1. The van der Waals surface area contributed by atoms with E-state index in [2.05, 4.69) is 49.4 Å². The number of aromatic nitrogens is 1. The van der Waals surface area contributed by atoms with Crippen LogP contribution in [-0.2, 0) is 4.79 Å². The van der Waals surface area contributed by atoms with Gasteiger partial charge < -0.3 is 9.80 Å². The molecule has 4 rings (SSSR count). The Labute approximate surface area is 195 Å². The molecule has 5 nitrogen and oxygen atoms in total. The average molecular weight is 457 g/mol. The van der Waals surface area contributed by atoms with Crippen LogP contribution in [0.5, 0.6) is 0 Å². The molecule has 2 aliphatic heterocycles. The molecule has 2 aromatic rings. The van der Waals surface area contributed by atoms with Gasteiger partial charge in [0.05, 0.1) is 5.92 Å². The third-order valence-electron chi connectivity index (χ3n) is 7.09. The predicted molar refractivity (Wildman–Crippen MR) is 126 cm³/mol. The summed E-state index contributed by atoms with van der Waals surface area (Å²) in [6.07, 6.45) is 1.79. The van der Waals surface area contributed by atoms with Crippen LogP contribution in [0.3, 0.4) is 0 Å². The van der Waals surface area contributed by atoms with Gasteiger partial charge in [-0.1, -0.05) is 12.1 Å². The summed E-state index contributed by atoms with van der Waals surface area (Å²) >= 11 is 0. The van der Waals surface area contributed by atoms with Crippen LogP contribution in [0, 0.1) is 17.6 Å². The molecule has 0 aliphatic carbocycles. The van der Waals surface area contributed by atoms with E-state index in [0.717, 1.165) is 11.9 Å². The fourth-order valence-corrected chi connectivity index (χ4v) is 5.41. The van der Waals surface area contributed by atoms with Gasteiger partial charge in [-0.3, -0.25) is 9.69 Å². The van der Waals surface area contributed by atoms with Gasteiger partial charge in [-0.15, -0.1) is 0 Å². The quantitative estimate of drug-likeness (QED) is 0.691. The average Bonchev–Trinajstić information content (AvgIpc) is 3.19. The lowest BCUT2D eigenvalue weighted by atomic mass is 9.87. The van der Waals surface area contributed by atoms with Crippen molar-refractivity contribution in [2.24, 2.45) is 5.92 Å². The van der Waals surface area contributed by atoms with Gasteiger partial charge >= 0.3 is 0 Å². The molecule has 1 aromatic carbocycles. The highest BCUT2D eigenvalue weighted by atomic mass is 19.1. The molecule has 0 saturated carbocycles. The maximum atomic E-state index is 14.8. The monoisotopic (exact) mass is 456 g/mol. The van der Waals surface area contributed by atoms with Crippen molar-refractivity contribution < 1.29 is 13.6 Å². The zero-order chi connectivity index (χ0) is 23.9. The summed E-state index contributed by atoms with van der Waals surface area (Å²) in [5.74, 6) is -0.888. The lowest BCUT2D eigenvalue weighted by Gasteiger charge is -2.46. The predicted octanol–water partition coefficient (Wildman–Crippen LogP) is 4.30. The highest BCUT2D eigenvalue weighted by Gasteiger charge is 2.45. The number of halogens is 2. The molecule has 0 bridgehead atoms. The molecule has 2 fully saturated rings. The van der Waals surface area contributed by atoms with Crippen molar-refractivity contribution >= 4 is 11.7 Å². The molecule has 4 atom stereocenters. The van der Waals surface area contributed by atoms with Crippen molar-refractivity contribution in [2.45, 2.75) is 58.2 Å². The molecule has 0 N–H and O–H groups in total.